The van der Waals surface area contributed by atoms with E-state index in [1.807, 2.05) is 12.1 Å². The van der Waals surface area contributed by atoms with Crippen molar-refractivity contribution in [2.75, 3.05) is 0 Å². The number of carboxylic acids is 1. The first kappa shape index (κ1) is 13.9. The first-order valence-corrected chi connectivity index (χ1v) is 6.72. The Kier molecular flexibility index (Phi) is 3.62. The molecule has 0 saturated heterocycles. The predicted octanol–water partition coefficient (Wildman–Crippen LogP) is 2.99. The summed E-state index contributed by atoms with van der Waals surface area (Å²) in [6, 6.07) is 16.2. The van der Waals surface area contributed by atoms with Crippen molar-refractivity contribution in [3.63, 3.8) is 0 Å². The van der Waals surface area contributed by atoms with E-state index in [9.17, 15) is 14.7 Å². The number of aliphatic carboxylic acids is 1. The van der Waals surface area contributed by atoms with Crippen LogP contribution in [0.2, 0.25) is 0 Å². The van der Waals surface area contributed by atoms with Crippen LogP contribution in [0.4, 0.5) is 0 Å². The number of nitrogens with one attached hydrogen (secondary N) is 1. The Morgan fingerprint density at radius 3 is 2.36 bits per heavy atom. The third kappa shape index (κ3) is 2.69. The molecule has 0 aliphatic rings. The second kappa shape index (κ2) is 5.73. The zero-order valence-corrected chi connectivity index (χ0v) is 11.5. The summed E-state index contributed by atoms with van der Waals surface area (Å²) < 4.78 is 5.44. The van der Waals surface area contributed by atoms with Crippen LogP contribution in [0.5, 0.6) is 0 Å². The fraction of sp³-hybridized carbons (Fsp3) is 0.0588. The molecule has 5 heteroatoms. The number of hydrogen-bond acceptors (Lipinski definition) is 3. The van der Waals surface area contributed by atoms with Gasteiger partial charge in [-0.25, -0.2) is 4.79 Å². The van der Waals surface area contributed by atoms with Gasteiger partial charge in [0.1, 0.15) is 5.58 Å². The minimum absolute atomic E-state index is 0.0865. The molecule has 1 heterocycles. The normalized spacial score (nSPS) is 12.0. The lowest BCUT2D eigenvalue weighted by Crippen LogP contribution is -2.33. The molecule has 110 valence electrons. The summed E-state index contributed by atoms with van der Waals surface area (Å²) in [5, 5.41) is 12.6. The van der Waals surface area contributed by atoms with Crippen molar-refractivity contribution < 1.29 is 19.1 Å². The molecule has 0 aliphatic carbocycles. The highest BCUT2D eigenvalue weighted by atomic mass is 16.4. The molecule has 1 unspecified atom stereocenters. The monoisotopic (exact) mass is 295 g/mol. The molecule has 5 nitrogen and oxygen atoms in total. The van der Waals surface area contributed by atoms with Gasteiger partial charge < -0.3 is 14.8 Å². The third-order valence-electron chi connectivity index (χ3n) is 3.30. The van der Waals surface area contributed by atoms with Crippen LogP contribution in [-0.4, -0.2) is 17.0 Å². The van der Waals surface area contributed by atoms with Gasteiger partial charge in [-0.05, 0) is 17.7 Å². The van der Waals surface area contributed by atoms with Gasteiger partial charge in [0, 0.05) is 5.39 Å². The molecular formula is C17H13NO4. The summed E-state index contributed by atoms with van der Waals surface area (Å²) in [4.78, 5) is 23.6. The second-order valence-electron chi connectivity index (χ2n) is 4.80. The van der Waals surface area contributed by atoms with Gasteiger partial charge in [0.2, 0.25) is 0 Å². The maximum atomic E-state index is 12.2. The lowest BCUT2D eigenvalue weighted by atomic mass is 10.1. The summed E-state index contributed by atoms with van der Waals surface area (Å²) in [6.45, 7) is 0. The number of carbonyl (C=O) groups is 2. The van der Waals surface area contributed by atoms with Crippen molar-refractivity contribution in [3.05, 3.63) is 72.0 Å². The number of rotatable bonds is 4. The van der Waals surface area contributed by atoms with E-state index < -0.39 is 17.9 Å². The highest BCUT2D eigenvalue weighted by molar-refractivity contribution is 5.98. The average Bonchev–Trinajstić information content (AvgIpc) is 2.97. The molecular weight excluding hydrogens is 282 g/mol. The van der Waals surface area contributed by atoms with E-state index in [2.05, 4.69) is 5.32 Å². The van der Waals surface area contributed by atoms with Crippen molar-refractivity contribution in [1.82, 2.24) is 5.32 Å². The van der Waals surface area contributed by atoms with Gasteiger partial charge in [-0.2, -0.15) is 0 Å². The van der Waals surface area contributed by atoms with Crippen LogP contribution in [-0.2, 0) is 4.79 Å². The standard InChI is InChI=1S/C17H13NO4/c19-16(14-10-12-8-4-5-9-13(12)22-14)18-15(17(20)21)11-6-2-1-3-7-11/h1-10,15H,(H,18,19)(H,20,21). The highest BCUT2D eigenvalue weighted by Crippen LogP contribution is 2.20. The van der Waals surface area contributed by atoms with Crippen molar-refractivity contribution >= 4 is 22.8 Å². The van der Waals surface area contributed by atoms with E-state index in [1.54, 1.807) is 48.5 Å². The van der Waals surface area contributed by atoms with Gasteiger partial charge in [-0.15, -0.1) is 0 Å². The molecule has 0 bridgehead atoms. The van der Waals surface area contributed by atoms with Gasteiger partial charge in [0.05, 0.1) is 0 Å². The quantitative estimate of drug-likeness (QED) is 0.775. The number of para-hydroxylation sites is 1. The van der Waals surface area contributed by atoms with E-state index in [1.165, 1.54) is 0 Å². The highest BCUT2D eigenvalue weighted by Gasteiger charge is 2.24. The van der Waals surface area contributed by atoms with E-state index in [4.69, 9.17) is 4.42 Å². The first-order chi connectivity index (χ1) is 10.6. The van der Waals surface area contributed by atoms with Crippen LogP contribution in [0.25, 0.3) is 11.0 Å². The van der Waals surface area contributed by atoms with Crippen LogP contribution >= 0.6 is 0 Å². The molecule has 0 radical (unpaired) electrons. The number of fused-ring (bicyclic) bond motifs is 1. The summed E-state index contributed by atoms with van der Waals surface area (Å²) >= 11 is 0. The summed E-state index contributed by atoms with van der Waals surface area (Å²) in [5.74, 6) is -1.61. The second-order valence-corrected chi connectivity index (χ2v) is 4.80. The predicted molar refractivity (Wildman–Crippen MR) is 80.5 cm³/mol. The summed E-state index contributed by atoms with van der Waals surface area (Å²) in [5.41, 5.74) is 1.08. The van der Waals surface area contributed by atoms with Crippen LogP contribution in [0.1, 0.15) is 22.2 Å². The molecule has 22 heavy (non-hydrogen) atoms. The van der Waals surface area contributed by atoms with Crippen molar-refractivity contribution in [2.24, 2.45) is 0 Å². The fourth-order valence-electron chi connectivity index (χ4n) is 2.23. The topological polar surface area (TPSA) is 79.5 Å². The molecule has 1 atom stereocenters. The Bertz CT molecular complexity index is 790. The number of furan rings is 1. The third-order valence-corrected chi connectivity index (χ3v) is 3.30. The Balaban J connectivity index is 1.86. The van der Waals surface area contributed by atoms with Gasteiger partial charge in [-0.1, -0.05) is 48.5 Å². The van der Waals surface area contributed by atoms with Crippen molar-refractivity contribution in [1.29, 1.82) is 0 Å². The maximum Gasteiger partial charge on any atom is 0.330 e. The lowest BCUT2D eigenvalue weighted by molar-refractivity contribution is -0.139. The molecule has 1 amide bonds. The Morgan fingerprint density at radius 1 is 1.00 bits per heavy atom. The van der Waals surface area contributed by atoms with Crippen LogP contribution < -0.4 is 5.32 Å². The Morgan fingerprint density at radius 2 is 1.68 bits per heavy atom. The lowest BCUT2D eigenvalue weighted by Gasteiger charge is -2.13. The molecule has 2 aromatic carbocycles. The first-order valence-electron chi connectivity index (χ1n) is 6.72. The van der Waals surface area contributed by atoms with Gasteiger partial charge in [0.15, 0.2) is 11.8 Å². The number of hydrogen-bond donors (Lipinski definition) is 2. The zero-order valence-electron chi connectivity index (χ0n) is 11.5. The smallest absolute Gasteiger partial charge is 0.330 e. The maximum absolute atomic E-state index is 12.2. The Hall–Kier alpha value is -3.08. The van der Waals surface area contributed by atoms with Crippen molar-refractivity contribution in [2.45, 2.75) is 6.04 Å². The van der Waals surface area contributed by atoms with Gasteiger partial charge in [0.25, 0.3) is 5.91 Å². The van der Waals surface area contributed by atoms with Crippen LogP contribution in [0.15, 0.2) is 65.1 Å². The largest absolute Gasteiger partial charge is 0.479 e. The van der Waals surface area contributed by atoms with Gasteiger partial charge in [-0.3, -0.25) is 4.79 Å². The molecule has 0 fully saturated rings. The number of benzene rings is 2. The molecule has 0 saturated carbocycles. The number of amides is 1. The summed E-state index contributed by atoms with van der Waals surface area (Å²) in [6.07, 6.45) is 0. The van der Waals surface area contributed by atoms with Crippen LogP contribution in [0.3, 0.4) is 0 Å². The van der Waals surface area contributed by atoms with Gasteiger partial charge >= 0.3 is 5.97 Å². The molecule has 2 N–H and O–H groups in total. The SMILES string of the molecule is O=C(NC(C(=O)O)c1ccccc1)c1cc2ccccc2o1. The minimum atomic E-state index is -1.13. The average molecular weight is 295 g/mol. The van der Waals surface area contributed by atoms with Crippen molar-refractivity contribution in [3.8, 4) is 0 Å². The van der Waals surface area contributed by atoms with E-state index >= 15 is 0 Å². The summed E-state index contributed by atoms with van der Waals surface area (Å²) in [7, 11) is 0. The molecule has 3 aromatic rings. The Labute approximate surface area is 126 Å². The number of carbonyl (C=O) groups excluding carboxylic acids is 1. The number of carboxylic acid groups (broad SMARTS) is 1. The van der Waals surface area contributed by atoms with Crippen LogP contribution in [0, 0.1) is 0 Å². The molecule has 3 rings (SSSR count). The molecule has 1 aromatic heterocycles. The van der Waals surface area contributed by atoms with E-state index in [0.29, 0.717) is 11.1 Å². The fourth-order valence-corrected chi connectivity index (χ4v) is 2.23. The van der Waals surface area contributed by atoms with E-state index in [0.717, 1.165) is 5.39 Å². The molecule has 0 spiro atoms. The van der Waals surface area contributed by atoms with E-state index in [-0.39, 0.29) is 5.76 Å². The zero-order chi connectivity index (χ0) is 15.5. The minimum Gasteiger partial charge on any atom is -0.479 e. The molecule has 0 aliphatic heterocycles.